The average Bonchev–Trinajstić information content (AvgIpc) is 1.28. The van der Waals surface area contributed by atoms with Gasteiger partial charge in [0.25, 0.3) is 0 Å². The molecule has 0 atom stereocenters. The molecule has 0 amide bonds. The number of pyridine rings is 4. The number of hydrogen-bond donors (Lipinski definition) is 0. The number of nitrogens with zero attached hydrogens (tertiary/aromatic N) is 6. The van der Waals surface area contributed by atoms with Crippen molar-refractivity contribution >= 4 is 135 Å². The van der Waals surface area contributed by atoms with Gasteiger partial charge in [0.15, 0.2) is 0 Å². The van der Waals surface area contributed by atoms with E-state index in [1.54, 1.807) is 60.9 Å². The number of alkyl halides is 1. The fourth-order valence-corrected chi connectivity index (χ4v) is 14.2. The van der Waals surface area contributed by atoms with Gasteiger partial charge in [0.2, 0.25) is 0 Å². The monoisotopic (exact) mass is 1420 g/mol. The Hall–Kier alpha value is -8.23. The van der Waals surface area contributed by atoms with E-state index in [4.69, 9.17) is 63.9 Å². The van der Waals surface area contributed by atoms with E-state index < -0.39 is 21.8 Å². The Labute approximate surface area is 564 Å². The molecular weight excluding hydrogens is 1370 g/mol. The van der Waals surface area contributed by atoms with Crippen molar-refractivity contribution in [2.24, 2.45) is 0 Å². The number of carbonyl (C=O) groups excluding carboxylic acids is 2. The molecule has 10 nitrogen and oxygen atoms in total. The summed E-state index contributed by atoms with van der Waals surface area (Å²) >= 11 is 17.4. The normalized spacial score (nSPS) is 10.2. The van der Waals surface area contributed by atoms with Crippen LogP contribution in [-0.2, 0) is 37.7 Å². The number of carbonyl (C=O) groups is 2. The number of aryl methyl sites for hydroxylation is 1. The summed E-state index contributed by atoms with van der Waals surface area (Å²) in [4.78, 5) is 39.1. The Morgan fingerprint density at radius 1 is 0.462 bits per heavy atom. The molecule has 18 heteroatoms. The number of methoxy groups -OCH3 is 2. The van der Waals surface area contributed by atoms with Crippen LogP contribution in [0, 0.1) is 29.6 Å². The minimum Gasteiger partial charge on any atom is -0.0622 e. The molecule has 0 radical (unpaired) electrons. The number of fused-ring (bicyclic) bond motifs is 2. The predicted molar refractivity (Wildman–Crippen MR) is 373 cm³/mol. The molecule has 12 aromatic rings. The Bertz CT molecular complexity index is 4050. The van der Waals surface area contributed by atoms with Crippen LogP contribution in [0.3, 0.4) is 0 Å². The molecule has 0 N–H and O–H groups in total. The average molecular weight is 1430 g/mol. The smallest absolute Gasteiger partial charge is 0.0134 e. The minimum atomic E-state index is -0.446. The standard InChI is InChI=1S/C18H12ClN3O2.2C18H15P.C11H6Cl2N2.C8H9NO2.2ClH.Pd/c1-24-18(23)12-2-3-21-16(8-12)6-11-4-13-7-15(19)10-22-17(13)14(5-11)9-20;2*1-4-10-16(11-5-1)19(17-12-6-2-7-13-17)18-14-8-3-9-15-18;12-4-7-1-8-3-10(13)6-15-11(8)9(2-7)5-14;1-6-5-7(3-4-9-6)8(10)11-2;;;/h2-5,7-8,10H,6H2,1H3;2*1-15H;1-3,6H,4H2;3-5H,1-2H3;2*1H;/q;;;;;;;+2/p-2. The summed E-state index contributed by atoms with van der Waals surface area (Å²) in [6.45, 7) is 1.83. The van der Waals surface area contributed by atoms with Crippen LogP contribution in [0.4, 0.5) is 0 Å². The zero-order valence-corrected chi connectivity index (χ0v) is 56.4. The first-order valence-corrected chi connectivity index (χ1v) is 35.7. The molecule has 0 saturated heterocycles. The first-order valence-electron chi connectivity index (χ1n) is 27.7. The van der Waals surface area contributed by atoms with Crippen molar-refractivity contribution < 1.29 is 35.0 Å². The second-order valence-corrected chi connectivity index (χ2v) is 27.1. The van der Waals surface area contributed by atoms with Crippen LogP contribution in [-0.4, -0.2) is 46.1 Å². The summed E-state index contributed by atoms with van der Waals surface area (Å²) < 4.78 is 9.24. The molecule has 0 spiro atoms. The Balaban J connectivity index is 0.000000163. The number of aromatic nitrogens is 4. The van der Waals surface area contributed by atoms with Crippen LogP contribution in [0.2, 0.25) is 10.0 Å². The quantitative estimate of drug-likeness (QED) is 0.0529. The predicted octanol–water partition coefficient (Wildman–Crippen LogP) is 16.5. The molecule has 8 aromatic carbocycles. The molecule has 458 valence electrons. The summed E-state index contributed by atoms with van der Waals surface area (Å²) in [7, 11) is 11.4. The molecule has 0 aliphatic carbocycles. The maximum Gasteiger partial charge on any atom is -0.0134 e. The molecule has 0 bridgehead atoms. The van der Waals surface area contributed by atoms with Gasteiger partial charge in [-0.25, -0.2) is 9.59 Å². The Kier molecular flexibility index (Phi) is 29.2. The van der Waals surface area contributed by atoms with Gasteiger partial charge in [-0.15, -0.1) is 11.6 Å². The third-order valence-corrected chi connectivity index (χ3v) is 18.7. The molecule has 0 aliphatic rings. The first-order chi connectivity index (χ1) is 44.4. The van der Waals surface area contributed by atoms with Crippen molar-refractivity contribution in [1.82, 2.24) is 19.9 Å². The van der Waals surface area contributed by atoms with Crippen LogP contribution < -0.4 is 31.8 Å². The van der Waals surface area contributed by atoms with Crippen LogP contribution in [0.5, 0.6) is 0 Å². The third kappa shape index (κ3) is 21.4. The second kappa shape index (κ2) is 37.8. The van der Waals surface area contributed by atoms with Gasteiger partial charge >= 0.3 is 46.9 Å². The van der Waals surface area contributed by atoms with E-state index in [1.807, 2.05) is 19.1 Å². The molecule has 0 fully saturated rings. The summed E-state index contributed by atoms with van der Waals surface area (Å²) in [5.74, 6) is -0.363. The van der Waals surface area contributed by atoms with Gasteiger partial charge in [0, 0.05) is 59.2 Å². The molecule has 12 rings (SSSR count). The SMILES string of the molecule is COC(=O)c1ccnc(C)c1.COC(=O)c1ccnc(Cc2cc(C#N)c3ncc(Cl)cc3c2)c1.N#Cc1cc(CCl)cc2cc(Cl)cnc12.[Cl][Pd][Cl].c1ccc(P(c2ccccc2)c2ccccc2)cc1.c1ccc(P(c2ccccc2)c2ccccc2)cc1. The summed E-state index contributed by atoms with van der Waals surface area (Å²) in [6, 6.07) is 86.4. The summed E-state index contributed by atoms with van der Waals surface area (Å²) in [5, 5.41) is 29.4. The van der Waals surface area contributed by atoms with Gasteiger partial charge in [-0.2, -0.15) is 10.5 Å². The largest absolute Gasteiger partial charge is 0.0622 e. The molecule has 91 heavy (non-hydrogen) atoms. The molecule has 4 aromatic heterocycles. The fraction of sp³-hybridized carbons (Fsp3) is 0.0685. The van der Waals surface area contributed by atoms with Gasteiger partial charge in [0.1, 0.15) is 12.1 Å². The number of rotatable bonds is 11. The summed E-state index contributed by atoms with van der Waals surface area (Å²) in [6.07, 6.45) is 6.67. The Morgan fingerprint density at radius 3 is 1.12 bits per heavy atom. The third-order valence-electron chi connectivity index (χ3n) is 13.0. The number of esters is 2. The van der Waals surface area contributed by atoms with Crippen LogP contribution in [0.25, 0.3) is 21.8 Å². The van der Waals surface area contributed by atoms with Crippen molar-refractivity contribution in [1.29, 1.82) is 10.5 Å². The topological polar surface area (TPSA) is 152 Å². The number of ether oxygens (including phenoxy) is 2. The van der Waals surface area contributed by atoms with Crippen LogP contribution in [0.15, 0.2) is 267 Å². The van der Waals surface area contributed by atoms with E-state index in [-0.39, 0.29) is 21.9 Å². The molecule has 4 heterocycles. The fourth-order valence-electron chi connectivity index (χ4n) is 9.10. The Morgan fingerprint density at radius 2 is 0.791 bits per heavy atom. The molecule has 0 saturated carbocycles. The zero-order valence-electron chi connectivity index (χ0n) is 49.2. The molecule has 0 unspecified atom stereocenters. The first kappa shape index (κ1) is 70.2. The van der Waals surface area contributed by atoms with E-state index in [9.17, 15) is 14.9 Å². The van der Waals surface area contributed by atoms with Gasteiger partial charge in [-0.1, -0.05) is 205 Å². The van der Waals surface area contributed by atoms with Gasteiger partial charge in [0.05, 0.1) is 57.6 Å². The van der Waals surface area contributed by atoms with Crippen molar-refractivity contribution in [2.45, 2.75) is 19.2 Å². The minimum absolute atomic E-state index is 0.106. The van der Waals surface area contributed by atoms with Gasteiger partial charge in [-0.05, 0) is 126 Å². The van der Waals surface area contributed by atoms with Crippen molar-refractivity contribution in [3.8, 4) is 12.1 Å². The van der Waals surface area contributed by atoms with E-state index in [1.165, 1.54) is 58.4 Å². The zero-order chi connectivity index (χ0) is 64.7. The number of benzene rings is 8. The molecular formula is C73H57Cl5N6O4P2Pd. The van der Waals surface area contributed by atoms with E-state index in [2.05, 4.69) is 219 Å². The summed E-state index contributed by atoms with van der Waals surface area (Å²) in [5.41, 5.74) is 6.56. The van der Waals surface area contributed by atoms with E-state index in [0.29, 0.717) is 61.3 Å². The van der Waals surface area contributed by atoms with Crippen molar-refractivity contribution in [3.63, 3.8) is 0 Å². The number of halogens is 5. The van der Waals surface area contributed by atoms with Crippen LogP contribution >= 0.6 is 69.7 Å². The second-order valence-electron chi connectivity index (χ2n) is 19.2. The van der Waals surface area contributed by atoms with Gasteiger partial charge in [-0.3, -0.25) is 19.9 Å². The number of nitriles is 2. The van der Waals surface area contributed by atoms with E-state index >= 15 is 0 Å². The maximum absolute atomic E-state index is 11.6. The molecule has 0 aliphatic heterocycles. The van der Waals surface area contributed by atoms with Crippen molar-refractivity contribution in [2.75, 3.05) is 14.2 Å². The van der Waals surface area contributed by atoms with Gasteiger partial charge < -0.3 is 9.47 Å². The maximum atomic E-state index is 11.6. The van der Waals surface area contributed by atoms with E-state index in [0.717, 1.165) is 27.6 Å². The number of hydrogen-bond acceptors (Lipinski definition) is 10. The van der Waals surface area contributed by atoms with Crippen LogP contribution in [0.1, 0.15) is 54.4 Å². The van der Waals surface area contributed by atoms with Crippen molar-refractivity contribution in [3.05, 3.63) is 322 Å².